The molecule has 1 aliphatic rings. The molecule has 3 rings (SSSR count). The number of ketones is 1. The van der Waals surface area contributed by atoms with Crippen LogP contribution >= 0.6 is 0 Å². The van der Waals surface area contributed by atoms with Crippen molar-refractivity contribution in [1.82, 2.24) is 9.80 Å². The summed E-state index contributed by atoms with van der Waals surface area (Å²) in [6.45, 7) is 13.0. The van der Waals surface area contributed by atoms with Crippen molar-refractivity contribution in [2.24, 2.45) is 0 Å². The van der Waals surface area contributed by atoms with E-state index in [1.807, 2.05) is 59.7 Å². The van der Waals surface area contributed by atoms with Gasteiger partial charge in [0.25, 0.3) is 0 Å². The summed E-state index contributed by atoms with van der Waals surface area (Å²) in [4.78, 5) is 27.4. The summed E-state index contributed by atoms with van der Waals surface area (Å²) in [5, 5.41) is 28.7. The first-order chi connectivity index (χ1) is 16.1. The number of Topliss-reactive ketones (excluding diaryl/α,β-unsaturated/α-hetero) is 1. The van der Waals surface area contributed by atoms with E-state index < -0.39 is 6.09 Å². The number of benzene rings is 2. The fraction of sp³-hybridized carbons (Fsp3) is 0.464. The second-order valence-corrected chi connectivity index (χ2v) is 11.5. The summed E-state index contributed by atoms with van der Waals surface area (Å²) in [6.07, 6.45) is -0.414. The fourth-order valence-corrected chi connectivity index (χ4v) is 4.32. The van der Waals surface area contributed by atoms with Crippen LogP contribution in [0.25, 0.3) is 0 Å². The molecule has 2 aromatic rings. The number of aromatic hydroxyl groups is 1. The van der Waals surface area contributed by atoms with E-state index in [1.54, 1.807) is 17.0 Å². The van der Waals surface area contributed by atoms with Crippen LogP contribution in [0.15, 0.2) is 30.3 Å². The van der Waals surface area contributed by atoms with Crippen LogP contribution in [0.2, 0.25) is 0 Å². The lowest BCUT2D eigenvalue weighted by molar-refractivity contribution is 0.0962. The molecule has 1 heterocycles. The van der Waals surface area contributed by atoms with Gasteiger partial charge < -0.3 is 20.0 Å². The summed E-state index contributed by atoms with van der Waals surface area (Å²) in [6, 6.07) is 9.42. The third-order valence-electron chi connectivity index (χ3n) is 6.55. The Morgan fingerprint density at radius 3 is 2.11 bits per heavy atom. The molecule has 0 radical (unpaired) electrons. The summed E-state index contributed by atoms with van der Waals surface area (Å²) in [7, 11) is 1.53. The van der Waals surface area contributed by atoms with Crippen molar-refractivity contribution in [3.05, 3.63) is 63.7 Å². The van der Waals surface area contributed by atoms with Crippen molar-refractivity contribution in [2.45, 2.75) is 65.3 Å². The molecule has 1 aliphatic heterocycles. The molecule has 0 atom stereocenters. The molecule has 0 fully saturated rings. The molecule has 0 spiro atoms. The highest BCUT2D eigenvalue weighted by atomic mass is 16.4. The van der Waals surface area contributed by atoms with Gasteiger partial charge in [-0.05, 0) is 46.6 Å². The highest BCUT2D eigenvalue weighted by Crippen LogP contribution is 2.40. The van der Waals surface area contributed by atoms with Crippen LogP contribution < -0.4 is 0 Å². The number of rotatable bonds is 6. The lowest BCUT2D eigenvalue weighted by atomic mass is 9.78. The predicted molar refractivity (Wildman–Crippen MR) is 138 cm³/mol. The van der Waals surface area contributed by atoms with Crippen molar-refractivity contribution in [1.29, 1.82) is 5.41 Å². The van der Waals surface area contributed by atoms with E-state index >= 15 is 0 Å². The minimum atomic E-state index is -0.970. The monoisotopic (exact) mass is 479 g/mol. The van der Waals surface area contributed by atoms with Crippen LogP contribution in [0.1, 0.15) is 79.7 Å². The molecule has 188 valence electrons. The van der Waals surface area contributed by atoms with Crippen LogP contribution in [0, 0.1) is 5.41 Å². The summed E-state index contributed by atoms with van der Waals surface area (Å²) < 4.78 is 0. The number of hydrogen-bond donors (Lipinski definition) is 3. The molecule has 7 nitrogen and oxygen atoms in total. The predicted octanol–water partition coefficient (Wildman–Crippen LogP) is 5.16. The Labute approximate surface area is 207 Å². The second-order valence-electron chi connectivity index (χ2n) is 11.5. The first kappa shape index (κ1) is 26.3. The number of carbonyl (C=O) groups is 2. The smallest absolute Gasteiger partial charge is 0.407 e. The van der Waals surface area contributed by atoms with E-state index in [4.69, 9.17) is 10.5 Å². The molecule has 0 aliphatic carbocycles. The minimum absolute atomic E-state index is 0.0720. The van der Waals surface area contributed by atoms with Crippen molar-refractivity contribution < 1.29 is 19.8 Å². The molecule has 1 amide bonds. The fourth-order valence-electron chi connectivity index (χ4n) is 4.32. The van der Waals surface area contributed by atoms with E-state index in [9.17, 15) is 14.7 Å². The molecule has 35 heavy (non-hydrogen) atoms. The van der Waals surface area contributed by atoms with Gasteiger partial charge in [0.05, 0.1) is 6.54 Å². The summed E-state index contributed by atoms with van der Waals surface area (Å²) >= 11 is 0. The van der Waals surface area contributed by atoms with Crippen LogP contribution in [0.3, 0.4) is 0 Å². The van der Waals surface area contributed by atoms with E-state index in [2.05, 4.69) is 0 Å². The van der Waals surface area contributed by atoms with Crippen LogP contribution in [-0.4, -0.2) is 57.9 Å². The number of likely N-dealkylation sites (N-methyl/N-ethyl adjacent to an activating group) is 1. The van der Waals surface area contributed by atoms with Crippen molar-refractivity contribution in [2.75, 3.05) is 20.1 Å². The Bertz CT molecular complexity index is 1140. The van der Waals surface area contributed by atoms with Gasteiger partial charge in [-0.3, -0.25) is 10.2 Å². The lowest BCUT2D eigenvalue weighted by Gasteiger charge is -2.28. The van der Waals surface area contributed by atoms with Gasteiger partial charge in [-0.2, -0.15) is 0 Å². The van der Waals surface area contributed by atoms with Gasteiger partial charge in [-0.15, -0.1) is 0 Å². The molecule has 0 saturated heterocycles. The van der Waals surface area contributed by atoms with E-state index in [-0.39, 0.29) is 28.9 Å². The van der Waals surface area contributed by atoms with Crippen molar-refractivity contribution in [3.8, 4) is 5.75 Å². The van der Waals surface area contributed by atoms with E-state index in [0.29, 0.717) is 30.9 Å². The molecular formula is C28H37N3O4. The number of nitrogens with zero attached hydrogens (tertiary/aromatic N) is 2. The average molecular weight is 480 g/mol. The van der Waals surface area contributed by atoms with E-state index in [0.717, 1.165) is 27.8 Å². The lowest BCUT2D eigenvalue weighted by Crippen LogP contribution is -2.30. The normalized spacial score (nSPS) is 13.7. The quantitative estimate of drug-likeness (QED) is 0.496. The average Bonchev–Trinajstić information content (AvgIpc) is 3.05. The molecule has 0 aromatic heterocycles. The number of phenolic OH excluding ortho intramolecular Hbond substituents is 1. The number of nitrogens with one attached hydrogen (secondary N) is 1. The Morgan fingerprint density at radius 1 is 1.03 bits per heavy atom. The van der Waals surface area contributed by atoms with Gasteiger partial charge in [-0.1, -0.05) is 53.7 Å². The van der Waals surface area contributed by atoms with Crippen LogP contribution in [0.4, 0.5) is 4.79 Å². The van der Waals surface area contributed by atoms with Gasteiger partial charge in [0.15, 0.2) is 5.78 Å². The van der Waals surface area contributed by atoms with Crippen LogP contribution in [-0.2, 0) is 23.8 Å². The number of phenols is 1. The third kappa shape index (κ3) is 5.66. The Kier molecular flexibility index (Phi) is 7.02. The maximum absolute atomic E-state index is 13.4. The Morgan fingerprint density at radius 2 is 1.60 bits per heavy atom. The largest absolute Gasteiger partial charge is 0.507 e. The molecule has 2 aromatic carbocycles. The standard InChI is InChI=1S/C28H37N3O4/c1-27(2,3)21-13-19(14-22(24(21)33)28(4,5)6)23(32)16-31-15-18-9-8-17(12-20(18)25(31)29)10-11-30(7)26(34)35/h8-9,12-14,29,33H,10-11,15-16H2,1-7H3,(H,34,35). The SMILES string of the molecule is CN(CCc1ccc2c(c1)C(=N)N(CC(=O)c1cc(C(C)(C)C)c(O)c(C(C)(C)C)c1)C2)C(=O)O. The zero-order valence-corrected chi connectivity index (χ0v) is 21.8. The van der Waals surface area contributed by atoms with Gasteiger partial charge in [0, 0.05) is 42.4 Å². The summed E-state index contributed by atoms with van der Waals surface area (Å²) in [5.74, 6) is 0.443. The van der Waals surface area contributed by atoms with Crippen LogP contribution in [0.5, 0.6) is 5.75 Å². The van der Waals surface area contributed by atoms with Gasteiger partial charge in [0.1, 0.15) is 11.6 Å². The van der Waals surface area contributed by atoms with E-state index in [1.165, 1.54) is 11.9 Å². The third-order valence-corrected chi connectivity index (χ3v) is 6.55. The highest BCUT2D eigenvalue weighted by molar-refractivity contribution is 6.05. The first-order valence-electron chi connectivity index (χ1n) is 11.9. The number of carboxylic acid groups (broad SMARTS) is 1. The number of fused-ring (bicyclic) bond motifs is 1. The molecule has 0 unspecified atom stereocenters. The maximum Gasteiger partial charge on any atom is 0.407 e. The highest BCUT2D eigenvalue weighted by Gasteiger charge is 2.30. The molecule has 3 N–H and O–H groups in total. The number of amidine groups is 1. The van der Waals surface area contributed by atoms with Crippen molar-refractivity contribution in [3.63, 3.8) is 0 Å². The molecule has 7 heteroatoms. The summed E-state index contributed by atoms with van der Waals surface area (Å²) in [5.41, 5.74) is 4.08. The van der Waals surface area contributed by atoms with Gasteiger partial charge in [-0.25, -0.2) is 4.79 Å². The second kappa shape index (κ2) is 9.36. The first-order valence-corrected chi connectivity index (χ1v) is 11.9. The zero-order chi connectivity index (χ0) is 26.3. The van der Waals surface area contributed by atoms with Gasteiger partial charge in [0.2, 0.25) is 0 Å². The zero-order valence-electron chi connectivity index (χ0n) is 21.8. The maximum atomic E-state index is 13.4. The topological polar surface area (TPSA) is 105 Å². The minimum Gasteiger partial charge on any atom is -0.507 e. The van der Waals surface area contributed by atoms with Gasteiger partial charge >= 0.3 is 6.09 Å². The number of hydrogen-bond acceptors (Lipinski definition) is 4. The molecule has 0 saturated carbocycles. The molecule has 0 bridgehead atoms. The Balaban J connectivity index is 1.82. The Hall–Kier alpha value is -3.35. The molecular weight excluding hydrogens is 442 g/mol. The number of carbonyl (C=O) groups excluding carboxylic acids is 1. The van der Waals surface area contributed by atoms with Crippen molar-refractivity contribution >= 4 is 17.7 Å². The number of amides is 1.